The standard InChI is InChI=1S/C13H19N5S.ClH/c1-3-15-11-10-9(2)8-19-12(10)17-13(16-11)18-6-4-14-5-7-18;/h8,14H,3-7H2,1-2H3,(H,15,16,17);1H. The summed E-state index contributed by atoms with van der Waals surface area (Å²) in [4.78, 5) is 12.8. The molecule has 0 saturated carbocycles. The zero-order valence-electron chi connectivity index (χ0n) is 11.8. The largest absolute Gasteiger partial charge is 0.370 e. The number of rotatable bonds is 3. The average molecular weight is 314 g/mol. The molecule has 7 heteroatoms. The summed E-state index contributed by atoms with van der Waals surface area (Å²) in [5, 5.41) is 10.1. The second-order valence-corrected chi connectivity index (χ2v) is 5.60. The van der Waals surface area contributed by atoms with Gasteiger partial charge in [-0.3, -0.25) is 0 Å². The number of halogens is 1. The van der Waals surface area contributed by atoms with E-state index in [4.69, 9.17) is 9.97 Å². The topological polar surface area (TPSA) is 53.1 Å². The van der Waals surface area contributed by atoms with Crippen molar-refractivity contribution in [3.8, 4) is 0 Å². The first-order valence-corrected chi connectivity index (χ1v) is 7.63. The predicted octanol–water partition coefficient (Wildman–Crippen LogP) is 2.26. The van der Waals surface area contributed by atoms with Gasteiger partial charge in [-0.1, -0.05) is 0 Å². The lowest BCUT2D eigenvalue weighted by molar-refractivity contribution is 0.581. The lowest BCUT2D eigenvalue weighted by atomic mass is 10.2. The van der Waals surface area contributed by atoms with Crippen molar-refractivity contribution in [2.45, 2.75) is 13.8 Å². The average Bonchev–Trinajstić information content (AvgIpc) is 2.82. The highest BCUT2D eigenvalue weighted by atomic mass is 35.5. The number of nitrogens with zero attached hydrogens (tertiary/aromatic N) is 3. The van der Waals surface area contributed by atoms with E-state index in [-0.39, 0.29) is 12.4 Å². The van der Waals surface area contributed by atoms with E-state index in [1.165, 1.54) is 10.9 Å². The van der Waals surface area contributed by atoms with Crippen molar-refractivity contribution in [3.05, 3.63) is 10.9 Å². The number of aromatic nitrogens is 2. The van der Waals surface area contributed by atoms with Crippen LogP contribution in [0.5, 0.6) is 0 Å². The molecule has 0 amide bonds. The Hall–Kier alpha value is -1.11. The van der Waals surface area contributed by atoms with E-state index < -0.39 is 0 Å². The number of fused-ring (bicyclic) bond motifs is 1. The third-order valence-electron chi connectivity index (χ3n) is 3.35. The van der Waals surface area contributed by atoms with Gasteiger partial charge in [0.2, 0.25) is 5.95 Å². The summed E-state index contributed by atoms with van der Waals surface area (Å²) < 4.78 is 0. The van der Waals surface area contributed by atoms with Crippen LogP contribution in [-0.2, 0) is 0 Å². The van der Waals surface area contributed by atoms with Crippen molar-refractivity contribution < 1.29 is 0 Å². The molecule has 110 valence electrons. The molecule has 1 fully saturated rings. The molecular formula is C13H20ClN5S. The monoisotopic (exact) mass is 313 g/mol. The molecule has 5 nitrogen and oxygen atoms in total. The smallest absolute Gasteiger partial charge is 0.228 e. The Balaban J connectivity index is 0.00000147. The summed E-state index contributed by atoms with van der Waals surface area (Å²) in [6.07, 6.45) is 0. The Kier molecular flexibility index (Phi) is 5.01. The van der Waals surface area contributed by atoms with Gasteiger partial charge in [0.1, 0.15) is 10.6 Å². The number of hydrogen-bond acceptors (Lipinski definition) is 6. The summed E-state index contributed by atoms with van der Waals surface area (Å²) in [5.41, 5.74) is 1.25. The second-order valence-electron chi connectivity index (χ2n) is 4.74. The molecule has 3 heterocycles. The zero-order valence-corrected chi connectivity index (χ0v) is 13.4. The minimum atomic E-state index is 0. The van der Waals surface area contributed by atoms with Crippen LogP contribution in [0.4, 0.5) is 11.8 Å². The fourth-order valence-electron chi connectivity index (χ4n) is 2.37. The van der Waals surface area contributed by atoms with Gasteiger partial charge in [0, 0.05) is 32.7 Å². The number of thiophene rings is 1. The fourth-order valence-corrected chi connectivity index (χ4v) is 3.29. The summed E-state index contributed by atoms with van der Waals surface area (Å²) in [6, 6.07) is 0. The lowest BCUT2D eigenvalue weighted by Crippen LogP contribution is -2.44. The van der Waals surface area contributed by atoms with E-state index in [1.54, 1.807) is 11.3 Å². The number of nitrogens with one attached hydrogen (secondary N) is 2. The predicted molar refractivity (Wildman–Crippen MR) is 88.6 cm³/mol. The maximum atomic E-state index is 4.73. The molecular weight excluding hydrogens is 294 g/mol. The maximum Gasteiger partial charge on any atom is 0.228 e. The van der Waals surface area contributed by atoms with Crippen LogP contribution in [0.25, 0.3) is 10.2 Å². The van der Waals surface area contributed by atoms with Crippen LogP contribution < -0.4 is 15.5 Å². The number of aryl methyl sites for hydroxylation is 1. The van der Waals surface area contributed by atoms with Gasteiger partial charge < -0.3 is 15.5 Å². The van der Waals surface area contributed by atoms with Crippen molar-refractivity contribution in [1.29, 1.82) is 0 Å². The summed E-state index contributed by atoms with van der Waals surface area (Å²) in [5.74, 6) is 1.83. The van der Waals surface area contributed by atoms with E-state index in [0.29, 0.717) is 0 Å². The molecule has 1 saturated heterocycles. The van der Waals surface area contributed by atoms with Crippen LogP contribution in [0.1, 0.15) is 12.5 Å². The summed E-state index contributed by atoms with van der Waals surface area (Å²) >= 11 is 1.70. The maximum absolute atomic E-state index is 4.73. The van der Waals surface area contributed by atoms with Crippen molar-refractivity contribution in [2.24, 2.45) is 0 Å². The van der Waals surface area contributed by atoms with Gasteiger partial charge in [0.25, 0.3) is 0 Å². The van der Waals surface area contributed by atoms with Gasteiger partial charge in [-0.2, -0.15) is 4.98 Å². The molecule has 2 N–H and O–H groups in total. The van der Waals surface area contributed by atoms with Crippen LogP contribution in [-0.4, -0.2) is 42.7 Å². The molecule has 2 aromatic rings. The van der Waals surface area contributed by atoms with Gasteiger partial charge in [-0.15, -0.1) is 23.7 Å². The van der Waals surface area contributed by atoms with E-state index in [2.05, 4.69) is 34.8 Å². The van der Waals surface area contributed by atoms with Gasteiger partial charge in [-0.25, -0.2) is 4.98 Å². The molecule has 0 aromatic carbocycles. The molecule has 0 bridgehead atoms. The molecule has 0 unspecified atom stereocenters. The highest BCUT2D eigenvalue weighted by molar-refractivity contribution is 7.17. The molecule has 3 rings (SSSR count). The normalized spacial score (nSPS) is 15.2. The fraction of sp³-hybridized carbons (Fsp3) is 0.538. The quantitative estimate of drug-likeness (QED) is 0.910. The summed E-state index contributed by atoms with van der Waals surface area (Å²) in [7, 11) is 0. The Labute approximate surface area is 129 Å². The van der Waals surface area contributed by atoms with Crippen LogP contribution >= 0.6 is 23.7 Å². The van der Waals surface area contributed by atoms with Gasteiger partial charge in [0.15, 0.2) is 0 Å². The van der Waals surface area contributed by atoms with Crippen LogP contribution in [0.15, 0.2) is 5.38 Å². The van der Waals surface area contributed by atoms with Gasteiger partial charge in [-0.05, 0) is 24.8 Å². The lowest BCUT2D eigenvalue weighted by Gasteiger charge is -2.27. The molecule has 0 spiro atoms. The van der Waals surface area contributed by atoms with Crippen molar-refractivity contribution in [2.75, 3.05) is 42.9 Å². The van der Waals surface area contributed by atoms with E-state index in [1.807, 2.05) is 0 Å². The molecule has 0 radical (unpaired) electrons. The number of anilines is 2. The first-order valence-electron chi connectivity index (χ1n) is 6.75. The Morgan fingerprint density at radius 3 is 2.80 bits per heavy atom. The Morgan fingerprint density at radius 2 is 2.10 bits per heavy atom. The van der Waals surface area contributed by atoms with Gasteiger partial charge >= 0.3 is 0 Å². The molecule has 0 atom stereocenters. The Morgan fingerprint density at radius 1 is 1.35 bits per heavy atom. The second kappa shape index (κ2) is 6.56. The number of hydrogen-bond donors (Lipinski definition) is 2. The molecule has 1 aliphatic heterocycles. The summed E-state index contributed by atoms with van der Waals surface area (Å²) in [6.45, 7) is 9.04. The SMILES string of the molecule is CCNc1nc(N2CCNCC2)nc2scc(C)c12.Cl. The molecule has 1 aliphatic rings. The molecule has 2 aromatic heterocycles. The minimum Gasteiger partial charge on any atom is -0.370 e. The van der Waals surface area contributed by atoms with Crippen LogP contribution in [0, 0.1) is 6.92 Å². The third-order valence-corrected chi connectivity index (χ3v) is 4.34. The molecule has 20 heavy (non-hydrogen) atoms. The Bertz CT molecular complexity index is 579. The first-order chi connectivity index (χ1) is 9.29. The first kappa shape index (κ1) is 15.3. The van der Waals surface area contributed by atoms with Gasteiger partial charge in [0.05, 0.1) is 5.39 Å². The van der Waals surface area contributed by atoms with Crippen molar-refractivity contribution in [1.82, 2.24) is 15.3 Å². The number of piperazine rings is 1. The van der Waals surface area contributed by atoms with Crippen LogP contribution in [0.2, 0.25) is 0 Å². The molecule has 0 aliphatic carbocycles. The highest BCUT2D eigenvalue weighted by Gasteiger charge is 2.17. The third kappa shape index (κ3) is 2.82. The highest BCUT2D eigenvalue weighted by Crippen LogP contribution is 2.31. The van der Waals surface area contributed by atoms with Crippen molar-refractivity contribution >= 4 is 45.7 Å². The van der Waals surface area contributed by atoms with E-state index >= 15 is 0 Å². The van der Waals surface area contributed by atoms with Crippen molar-refractivity contribution in [3.63, 3.8) is 0 Å². The van der Waals surface area contributed by atoms with E-state index in [9.17, 15) is 0 Å². The zero-order chi connectivity index (χ0) is 13.2. The minimum absolute atomic E-state index is 0. The van der Waals surface area contributed by atoms with E-state index in [0.717, 1.165) is 49.3 Å². The van der Waals surface area contributed by atoms with Crippen LogP contribution in [0.3, 0.4) is 0 Å².